The van der Waals surface area contributed by atoms with E-state index in [0.29, 0.717) is 24.5 Å². The largest absolute Gasteiger partial charge is 0.382 e. The average Bonchev–Trinajstić information content (AvgIpc) is 2.01. The van der Waals surface area contributed by atoms with Gasteiger partial charge in [0, 0.05) is 13.0 Å². The van der Waals surface area contributed by atoms with Crippen LogP contribution in [0.5, 0.6) is 0 Å². The van der Waals surface area contributed by atoms with E-state index in [4.69, 9.17) is 0 Å². The van der Waals surface area contributed by atoms with Crippen molar-refractivity contribution in [3.05, 3.63) is 0 Å². The number of carbonyl (C=O) groups excluding carboxylic acids is 1. The Morgan fingerprint density at radius 2 is 2.45 bits per heavy atom. The van der Waals surface area contributed by atoms with Crippen LogP contribution < -0.4 is 5.32 Å². The highest BCUT2D eigenvalue weighted by Crippen LogP contribution is 1.99. The van der Waals surface area contributed by atoms with E-state index in [1.54, 1.807) is 11.8 Å². The van der Waals surface area contributed by atoms with Gasteiger partial charge in [0.2, 0.25) is 0 Å². The fourth-order valence-electron chi connectivity index (χ4n) is 0.559. The Morgan fingerprint density at radius 1 is 1.73 bits per heavy atom. The first-order chi connectivity index (χ1) is 5.31. The Labute approximate surface area is 77.1 Å². The first-order valence-corrected chi connectivity index (χ1v) is 5.20. The van der Waals surface area contributed by atoms with E-state index in [1.807, 2.05) is 6.92 Å². The van der Waals surface area contributed by atoms with Gasteiger partial charge in [-0.15, -0.1) is 0 Å². The lowest BCUT2D eigenvalue weighted by atomic mass is 10.3. The van der Waals surface area contributed by atoms with Gasteiger partial charge in [0.1, 0.15) is 5.78 Å². The molecule has 1 N–H and O–H groups in total. The van der Waals surface area contributed by atoms with E-state index in [1.165, 1.54) is 5.49 Å². The molecule has 0 saturated heterocycles. The molecule has 0 aliphatic heterocycles. The van der Waals surface area contributed by atoms with Crippen LogP contribution >= 0.6 is 24.0 Å². The Balaban J connectivity index is 3.15. The molecule has 0 aliphatic carbocycles. The number of hydrogen-bond donors (Lipinski definition) is 1. The highest BCUT2D eigenvalue weighted by molar-refractivity contribution is 7.99. The zero-order valence-electron chi connectivity index (χ0n) is 6.63. The third-order valence-electron chi connectivity index (χ3n) is 1.10. The molecule has 64 valence electrons. The van der Waals surface area contributed by atoms with Gasteiger partial charge in [-0.3, -0.25) is 4.79 Å². The third-order valence-corrected chi connectivity index (χ3v) is 2.20. The second-order valence-electron chi connectivity index (χ2n) is 2.00. The number of thioether (sulfide) groups is 1. The van der Waals surface area contributed by atoms with Crippen molar-refractivity contribution in [1.82, 2.24) is 5.32 Å². The zero-order valence-corrected chi connectivity index (χ0v) is 8.26. The molecule has 0 radical (unpaired) electrons. The molecule has 0 rings (SSSR count). The van der Waals surface area contributed by atoms with Gasteiger partial charge in [0.25, 0.3) is 0 Å². The Hall–Kier alpha value is -0.0900. The summed E-state index contributed by atoms with van der Waals surface area (Å²) in [5, 5.41) is 2.82. The molecule has 0 amide bonds. The van der Waals surface area contributed by atoms with Gasteiger partial charge in [-0.05, 0) is 5.75 Å². The van der Waals surface area contributed by atoms with Crippen molar-refractivity contribution in [2.45, 2.75) is 13.3 Å². The summed E-state index contributed by atoms with van der Waals surface area (Å²) >= 11 is 6.20. The second kappa shape index (κ2) is 8.01. The molecule has 0 aliphatic rings. The predicted octanol–water partition coefficient (Wildman–Crippen LogP) is 1.25. The molecule has 0 heterocycles. The second-order valence-corrected chi connectivity index (χ2v) is 3.51. The van der Waals surface area contributed by atoms with Crippen molar-refractivity contribution < 1.29 is 4.79 Å². The van der Waals surface area contributed by atoms with Crippen LogP contribution in [0.3, 0.4) is 0 Å². The van der Waals surface area contributed by atoms with E-state index in [-0.39, 0.29) is 0 Å². The Morgan fingerprint density at radius 3 is 3.00 bits per heavy atom. The molecule has 0 aromatic carbocycles. The van der Waals surface area contributed by atoms with E-state index in [0.717, 1.165) is 5.75 Å². The van der Waals surface area contributed by atoms with Crippen molar-refractivity contribution in [3.63, 3.8) is 0 Å². The molecule has 0 unspecified atom stereocenters. The quantitative estimate of drug-likeness (QED) is 0.484. The highest BCUT2D eigenvalue weighted by Gasteiger charge is 1.98. The van der Waals surface area contributed by atoms with Crippen LogP contribution in [0.25, 0.3) is 0 Å². The summed E-state index contributed by atoms with van der Waals surface area (Å²) < 4.78 is 0. The van der Waals surface area contributed by atoms with Crippen molar-refractivity contribution in [2.75, 3.05) is 18.1 Å². The van der Waals surface area contributed by atoms with Gasteiger partial charge in [0.05, 0.1) is 11.2 Å². The molecule has 4 heteroatoms. The van der Waals surface area contributed by atoms with Crippen LogP contribution in [-0.4, -0.2) is 29.3 Å². The molecule has 0 spiro atoms. The van der Waals surface area contributed by atoms with Crippen molar-refractivity contribution in [3.8, 4) is 0 Å². The minimum absolute atomic E-state index is 0.293. The highest BCUT2D eigenvalue weighted by atomic mass is 32.2. The lowest BCUT2D eigenvalue weighted by Gasteiger charge is -1.98. The average molecular weight is 191 g/mol. The fraction of sp³-hybridized carbons (Fsp3) is 0.714. The standard InChI is InChI=1S/C7H13NOS2/c1-2-11-5-7(9)3-4-8-6-10/h6H,2-5H2,1H3,(H,8,10). The molecular formula is C7H13NOS2. The molecule has 0 aromatic heterocycles. The van der Waals surface area contributed by atoms with Crippen LogP contribution in [0.15, 0.2) is 0 Å². The van der Waals surface area contributed by atoms with Crippen LogP contribution in [0.4, 0.5) is 0 Å². The summed E-state index contributed by atoms with van der Waals surface area (Å²) in [6, 6.07) is 0. The molecular weight excluding hydrogens is 178 g/mol. The van der Waals surface area contributed by atoms with Crippen LogP contribution in [0, 0.1) is 0 Å². The zero-order chi connectivity index (χ0) is 8.53. The normalized spacial score (nSPS) is 9.18. The lowest BCUT2D eigenvalue weighted by molar-refractivity contribution is -0.116. The van der Waals surface area contributed by atoms with Gasteiger partial charge >= 0.3 is 0 Å². The lowest BCUT2D eigenvalue weighted by Crippen LogP contribution is -2.16. The van der Waals surface area contributed by atoms with Crippen LogP contribution in [-0.2, 0) is 4.79 Å². The summed E-state index contributed by atoms with van der Waals surface area (Å²) in [4.78, 5) is 11.0. The van der Waals surface area contributed by atoms with Crippen molar-refractivity contribution in [2.24, 2.45) is 0 Å². The molecule has 0 saturated carbocycles. The number of thiocarbonyl (C=S) groups is 1. The van der Waals surface area contributed by atoms with E-state index >= 15 is 0 Å². The maximum atomic E-state index is 11.0. The first-order valence-electron chi connectivity index (χ1n) is 3.57. The topological polar surface area (TPSA) is 29.1 Å². The summed E-state index contributed by atoms with van der Waals surface area (Å²) in [5.41, 5.74) is 1.44. The van der Waals surface area contributed by atoms with Crippen LogP contribution in [0.2, 0.25) is 0 Å². The third kappa shape index (κ3) is 7.81. The molecule has 0 aromatic rings. The van der Waals surface area contributed by atoms with Gasteiger partial charge in [-0.1, -0.05) is 19.1 Å². The van der Waals surface area contributed by atoms with Crippen LogP contribution in [0.1, 0.15) is 13.3 Å². The molecule has 0 atom stereocenters. The first kappa shape index (κ1) is 10.9. The molecule has 11 heavy (non-hydrogen) atoms. The van der Waals surface area contributed by atoms with Gasteiger partial charge < -0.3 is 5.32 Å². The minimum atomic E-state index is 0.293. The molecule has 2 nitrogen and oxygen atoms in total. The van der Waals surface area contributed by atoms with Gasteiger partial charge in [-0.25, -0.2) is 0 Å². The maximum absolute atomic E-state index is 11.0. The summed E-state index contributed by atoms with van der Waals surface area (Å²) in [7, 11) is 0. The monoisotopic (exact) mass is 191 g/mol. The number of carbonyl (C=O) groups is 1. The van der Waals surface area contributed by atoms with E-state index in [2.05, 4.69) is 17.5 Å². The van der Waals surface area contributed by atoms with Crippen molar-refractivity contribution >= 4 is 35.3 Å². The number of nitrogens with one attached hydrogen (secondary N) is 1. The number of rotatable bonds is 7. The summed E-state index contributed by atoms with van der Waals surface area (Å²) in [5.74, 6) is 1.93. The Bertz CT molecular complexity index is 128. The van der Waals surface area contributed by atoms with Gasteiger partial charge in [-0.2, -0.15) is 11.8 Å². The number of hydrogen-bond acceptors (Lipinski definition) is 3. The SMILES string of the molecule is CCSCC(=O)CCNC=S. The Kier molecular flexibility index (Phi) is 7.95. The predicted molar refractivity (Wildman–Crippen MR) is 54.3 cm³/mol. The minimum Gasteiger partial charge on any atom is -0.382 e. The number of ketones is 1. The van der Waals surface area contributed by atoms with E-state index in [9.17, 15) is 4.79 Å². The van der Waals surface area contributed by atoms with Crippen molar-refractivity contribution in [1.29, 1.82) is 0 Å². The molecule has 0 fully saturated rings. The summed E-state index contributed by atoms with van der Waals surface area (Å²) in [6.45, 7) is 2.72. The summed E-state index contributed by atoms with van der Waals surface area (Å²) in [6.07, 6.45) is 0.583. The number of Topliss-reactive ketones (excluding diaryl/α,β-unsaturated/α-hetero) is 1. The maximum Gasteiger partial charge on any atom is 0.144 e. The fourth-order valence-corrected chi connectivity index (χ4v) is 1.25. The molecule has 0 bridgehead atoms. The smallest absolute Gasteiger partial charge is 0.144 e. The van der Waals surface area contributed by atoms with E-state index < -0.39 is 0 Å². The van der Waals surface area contributed by atoms with Gasteiger partial charge in [0.15, 0.2) is 0 Å².